The first kappa shape index (κ1) is 20.5. The standard InChI is InChI=1S/C17H22N2O8/c20-11-4-2-1-3-5-16(24)26-9-8-12(18-13(21)10-11)17(25)27-19-14(22)6-7-15(19)23/h12H,1-10H2,(H,18,21)/t12-/m0/s1. The molecule has 2 fully saturated rings. The van der Waals surface area contributed by atoms with E-state index in [1.54, 1.807) is 0 Å². The van der Waals surface area contributed by atoms with Gasteiger partial charge in [-0.25, -0.2) is 4.79 Å². The van der Waals surface area contributed by atoms with E-state index in [9.17, 15) is 28.8 Å². The van der Waals surface area contributed by atoms with Crippen molar-refractivity contribution in [1.29, 1.82) is 0 Å². The number of carbonyl (C=O) groups is 6. The van der Waals surface area contributed by atoms with E-state index < -0.39 is 35.7 Å². The maximum atomic E-state index is 12.3. The number of rotatable bonds is 2. The molecule has 2 saturated heterocycles. The topological polar surface area (TPSA) is 136 Å². The molecule has 148 valence electrons. The number of ether oxygens (including phenoxy) is 1. The fourth-order valence-corrected chi connectivity index (χ4v) is 2.70. The molecule has 0 aromatic rings. The third-order valence-corrected chi connectivity index (χ3v) is 4.17. The van der Waals surface area contributed by atoms with E-state index in [0.717, 1.165) is 0 Å². The van der Waals surface area contributed by atoms with Crippen LogP contribution in [0.3, 0.4) is 0 Å². The lowest BCUT2D eigenvalue weighted by Crippen LogP contribution is -2.46. The molecule has 0 aromatic heterocycles. The van der Waals surface area contributed by atoms with Gasteiger partial charge in [0.05, 0.1) is 13.0 Å². The Morgan fingerprint density at radius 1 is 0.963 bits per heavy atom. The Morgan fingerprint density at radius 3 is 2.33 bits per heavy atom. The van der Waals surface area contributed by atoms with Gasteiger partial charge in [-0.15, -0.1) is 5.06 Å². The van der Waals surface area contributed by atoms with Gasteiger partial charge in [0, 0.05) is 32.1 Å². The summed E-state index contributed by atoms with van der Waals surface area (Å²) in [6.45, 7) is -0.158. The van der Waals surface area contributed by atoms with Crippen molar-refractivity contribution < 1.29 is 38.3 Å². The van der Waals surface area contributed by atoms with Crippen molar-refractivity contribution in [2.24, 2.45) is 0 Å². The monoisotopic (exact) mass is 382 g/mol. The fourth-order valence-electron chi connectivity index (χ4n) is 2.70. The average molecular weight is 382 g/mol. The van der Waals surface area contributed by atoms with Crippen LogP contribution in [0.25, 0.3) is 0 Å². The number of nitrogens with zero attached hydrogens (tertiary/aromatic N) is 1. The Balaban J connectivity index is 2.02. The van der Waals surface area contributed by atoms with Crippen molar-refractivity contribution >= 4 is 35.4 Å². The summed E-state index contributed by atoms with van der Waals surface area (Å²) in [6, 6.07) is -1.26. The summed E-state index contributed by atoms with van der Waals surface area (Å²) in [5.41, 5.74) is 0. The Hall–Kier alpha value is -2.78. The Morgan fingerprint density at radius 2 is 1.63 bits per heavy atom. The third-order valence-electron chi connectivity index (χ3n) is 4.17. The van der Waals surface area contributed by atoms with E-state index in [2.05, 4.69) is 5.32 Å². The third kappa shape index (κ3) is 6.46. The molecule has 2 heterocycles. The Bertz CT molecular complexity index is 629. The van der Waals surface area contributed by atoms with Crippen molar-refractivity contribution in [3.63, 3.8) is 0 Å². The number of esters is 1. The summed E-state index contributed by atoms with van der Waals surface area (Å²) in [4.78, 5) is 75.7. The van der Waals surface area contributed by atoms with Crippen molar-refractivity contribution in [1.82, 2.24) is 10.4 Å². The number of ketones is 1. The molecule has 10 heteroatoms. The minimum Gasteiger partial charge on any atom is -0.466 e. The van der Waals surface area contributed by atoms with Gasteiger partial charge in [0.15, 0.2) is 0 Å². The highest BCUT2D eigenvalue weighted by molar-refractivity contribution is 6.02. The second kappa shape index (κ2) is 9.79. The van der Waals surface area contributed by atoms with E-state index >= 15 is 0 Å². The molecule has 0 aromatic carbocycles. The first-order valence-electron chi connectivity index (χ1n) is 8.91. The predicted octanol–water partition coefficient (Wildman–Crippen LogP) is -0.0650. The number of hydrogen-bond donors (Lipinski definition) is 1. The second-order valence-corrected chi connectivity index (χ2v) is 6.40. The number of nitrogens with one attached hydrogen (secondary N) is 1. The zero-order chi connectivity index (χ0) is 19.8. The van der Waals surface area contributed by atoms with Crippen LogP contribution < -0.4 is 5.32 Å². The van der Waals surface area contributed by atoms with Crippen molar-refractivity contribution in [2.45, 2.75) is 63.8 Å². The summed E-state index contributed by atoms with van der Waals surface area (Å²) >= 11 is 0. The van der Waals surface area contributed by atoms with Gasteiger partial charge in [-0.3, -0.25) is 24.0 Å². The molecule has 1 N–H and O–H groups in total. The van der Waals surface area contributed by atoms with Crippen LogP contribution in [-0.2, 0) is 38.3 Å². The van der Waals surface area contributed by atoms with Gasteiger partial charge in [-0.1, -0.05) is 6.42 Å². The lowest BCUT2D eigenvalue weighted by molar-refractivity contribution is -0.199. The molecule has 2 aliphatic heterocycles. The molecule has 1 atom stereocenters. The molecule has 2 rings (SSSR count). The molecule has 0 bridgehead atoms. The molecule has 0 saturated carbocycles. The van der Waals surface area contributed by atoms with Crippen LogP contribution in [0.2, 0.25) is 0 Å². The molecule has 0 aliphatic carbocycles. The van der Waals surface area contributed by atoms with Gasteiger partial charge in [0.2, 0.25) is 5.91 Å². The molecule has 27 heavy (non-hydrogen) atoms. The van der Waals surface area contributed by atoms with Gasteiger partial charge in [-0.2, -0.15) is 0 Å². The zero-order valence-corrected chi connectivity index (χ0v) is 14.9. The van der Waals surface area contributed by atoms with Crippen molar-refractivity contribution in [3.05, 3.63) is 0 Å². The molecule has 0 spiro atoms. The molecular formula is C17H22N2O8. The van der Waals surface area contributed by atoms with Gasteiger partial charge in [0.1, 0.15) is 11.8 Å². The van der Waals surface area contributed by atoms with Crippen LogP contribution in [0, 0.1) is 0 Å². The smallest absolute Gasteiger partial charge is 0.355 e. The first-order chi connectivity index (χ1) is 12.9. The Labute approximate surface area is 155 Å². The maximum Gasteiger partial charge on any atom is 0.355 e. The number of hydrogen-bond acceptors (Lipinski definition) is 8. The van der Waals surface area contributed by atoms with E-state index in [1.165, 1.54) is 0 Å². The SMILES string of the molecule is O=C1CCCCCC(=O)OCC[C@@H](C(=O)ON2C(=O)CCC2=O)NC(=O)C1. The van der Waals surface area contributed by atoms with Crippen LogP contribution in [0.1, 0.15) is 57.8 Å². The quantitative estimate of drug-likeness (QED) is 0.398. The van der Waals surface area contributed by atoms with E-state index in [-0.39, 0.29) is 50.9 Å². The minimum atomic E-state index is -1.26. The zero-order valence-electron chi connectivity index (χ0n) is 14.9. The molecule has 0 radical (unpaired) electrons. The van der Waals surface area contributed by atoms with Gasteiger partial charge >= 0.3 is 11.9 Å². The number of cyclic esters (lactones) is 1. The summed E-state index contributed by atoms with van der Waals surface area (Å²) in [5.74, 6) is -3.73. The van der Waals surface area contributed by atoms with Gasteiger partial charge in [0.25, 0.3) is 11.8 Å². The molecular weight excluding hydrogens is 360 g/mol. The largest absolute Gasteiger partial charge is 0.466 e. The lowest BCUT2D eigenvalue weighted by Gasteiger charge is -2.20. The number of hydroxylamine groups is 2. The van der Waals surface area contributed by atoms with Crippen LogP contribution in [0.4, 0.5) is 0 Å². The Kier molecular flexibility index (Phi) is 7.44. The summed E-state index contributed by atoms with van der Waals surface area (Å²) in [7, 11) is 0. The van der Waals surface area contributed by atoms with E-state index in [4.69, 9.17) is 9.57 Å². The highest BCUT2D eigenvalue weighted by Crippen LogP contribution is 2.14. The lowest BCUT2D eigenvalue weighted by atomic mass is 10.1. The van der Waals surface area contributed by atoms with Gasteiger partial charge < -0.3 is 14.9 Å². The molecule has 2 aliphatic rings. The van der Waals surface area contributed by atoms with E-state index in [1.807, 2.05) is 0 Å². The van der Waals surface area contributed by atoms with E-state index in [0.29, 0.717) is 24.3 Å². The number of carbonyl (C=O) groups excluding carboxylic acids is 6. The predicted molar refractivity (Wildman–Crippen MR) is 87.4 cm³/mol. The number of Topliss-reactive ketones (excluding diaryl/α,β-unsaturated/α-hetero) is 1. The maximum absolute atomic E-state index is 12.3. The summed E-state index contributed by atoms with van der Waals surface area (Å²) < 4.78 is 5.02. The van der Waals surface area contributed by atoms with Crippen LogP contribution in [-0.4, -0.2) is 53.2 Å². The van der Waals surface area contributed by atoms with Crippen molar-refractivity contribution in [3.8, 4) is 0 Å². The van der Waals surface area contributed by atoms with Gasteiger partial charge in [-0.05, 0) is 12.8 Å². The summed E-state index contributed by atoms with van der Waals surface area (Å²) in [6.07, 6.45) is 1.60. The average Bonchev–Trinajstić information content (AvgIpc) is 2.91. The first-order valence-corrected chi connectivity index (χ1v) is 8.91. The number of amides is 3. The highest BCUT2D eigenvalue weighted by Gasteiger charge is 2.35. The molecule has 0 unspecified atom stereocenters. The van der Waals surface area contributed by atoms with Crippen LogP contribution in [0.15, 0.2) is 0 Å². The summed E-state index contributed by atoms with van der Waals surface area (Å²) in [5, 5.41) is 2.72. The normalized spacial score (nSPS) is 23.5. The van der Waals surface area contributed by atoms with Crippen LogP contribution in [0.5, 0.6) is 0 Å². The second-order valence-electron chi connectivity index (χ2n) is 6.40. The fraction of sp³-hybridized carbons (Fsp3) is 0.647. The molecule has 3 amide bonds. The highest BCUT2D eigenvalue weighted by atomic mass is 16.7. The van der Waals surface area contributed by atoms with Crippen LogP contribution >= 0.6 is 0 Å². The molecule has 10 nitrogen and oxygen atoms in total. The minimum absolute atomic E-state index is 0.0603. The van der Waals surface area contributed by atoms with Crippen molar-refractivity contribution in [2.75, 3.05) is 6.61 Å². The number of imide groups is 1.